The molecule has 1 N–H and O–H groups in total. The Kier molecular flexibility index (Phi) is 3.98. The summed E-state index contributed by atoms with van der Waals surface area (Å²) in [5, 5.41) is 11.0. The lowest BCUT2D eigenvalue weighted by Gasteiger charge is -2.11. The fraction of sp³-hybridized carbons (Fsp3) is 0.294. The van der Waals surface area contributed by atoms with Gasteiger partial charge in [0.05, 0.1) is 22.3 Å². The van der Waals surface area contributed by atoms with Crippen LogP contribution in [0.25, 0.3) is 21.7 Å². The molecule has 0 saturated carbocycles. The molecule has 4 nitrogen and oxygen atoms in total. The Balaban J connectivity index is 2.14. The number of carbonyl (C=O) groups is 1. The molecule has 3 rings (SSSR count). The van der Waals surface area contributed by atoms with Gasteiger partial charge in [0.25, 0.3) is 0 Å². The van der Waals surface area contributed by atoms with Crippen LogP contribution in [0.3, 0.4) is 0 Å². The van der Waals surface area contributed by atoms with Gasteiger partial charge in [-0.3, -0.25) is 4.79 Å². The van der Waals surface area contributed by atoms with Gasteiger partial charge >= 0.3 is 5.97 Å². The van der Waals surface area contributed by atoms with Gasteiger partial charge in [-0.25, -0.2) is 4.98 Å². The van der Waals surface area contributed by atoms with Crippen molar-refractivity contribution in [2.24, 2.45) is 5.92 Å². The lowest BCUT2D eigenvalue weighted by atomic mass is 10.1. The number of aliphatic carboxylic acids is 1. The maximum atomic E-state index is 10.9. The first-order valence-electron chi connectivity index (χ1n) is 7.29. The summed E-state index contributed by atoms with van der Waals surface area (Å²) in [6, 6.07) is 9.85. The number of carboxylic acid groups (broad SMARTS) is 1. The third kappa shape index (κ3) is 2.90. The topological polar surface area (TPSA) is 55.1 Å². The van der Waals surface area contributed by atoms with Crippen molar-refractivity contribution in [1.29, 1.82) is 0 Å². The number of aromatic nitrogens is 2. The SMILES string of the molecule is CC(C)Cn1c(-c2cccs2)nc2cc(CC(=O)O)ccc21. The van der Waals surface area contributed by atoms with Crippen molar-refractivity contribution in [1.82, 2.24) is 9.55 Å². The molecule has 2 heterocycles. The standard InChI is InChI=1S/C17H18N2O2S/c1-11(2)10-19-14-6-5-12(9-16(20)21)8-13(14)18-17(19)15-4-3-7-22-15/h3-8,11H,9-10H2,1-2H3,(H,20,21). The average molecular weight is 314 g/mol. The number of imidazole rings is 1. The van der Waals surface area contributed by atoms with Crippen LogP contribution in [-0.4, -0.2) is 20.6 Å². The van der Waals surface area contributed by atoms with Crippen molar-refractivity contribution in [3.8, 4) is 10.7 Å². The van der Waals surface area contributed by atoms with Gasteiger partial charge in [0.15, 0.2) is 5.82 Å². The van der Waals surface area contributed by atoms with Gasteiger partial charge in [-0.15, -0.1) is 11.3 Å². The molecular formula is C17H18N2O2S. The molecule has 1 aromatic carbocycles. The van der Waals surface area contributed by atoms with Gasteiger partial charge in [-0.1, -0.05) is 26.0 Å². The van der Waals surface area contributed by atoms with Gasteiger partial charge in [0.2, 0.25) is 0 Å². The molecule has 0 unspecified atom stereocenters. The summed E-state index contributed by atoms with van der Waals surface area (Å²) in [5.74, 6) is 0.653. The van der Waals surface area contributed by atoms with E-state index in [2.05, 4.69) is 24.5 Å². The molecule has 0 fully saturated rings. The summed E-state index contributed by atoms with van der Waals surface area (Å²) in [4.78, 5) is 16.8. The highest BCUT2D eigenvalue weighted by Crippen LogP contribution is 2.29. The second-order valence-electron chi connectivity index (χ2n) is 5.81. The molecule has 5 heteroatoms. The van der Waals surface area contributed by atoms with Crippen molar-refractivity contribution >= 4 is 28.3 Å². The number of hydrogen-bond acceptors (Lipinski definition) is 3. The van der Waals surface area contributed by atoms with Gasteiger partial charge in [0, 0.05) is 6.54 Å². The number of fused-ring (bicyclic) bond motifs is 1. The Labute approximate surface area is 133 Å². The molecule has 0 radical (unpaired) electrons. The molecule has 3 aromatic rings. The molecule has 0 saturated heterocycles. The highest BCUT2D eigenvalue weighted by molar-refractivity contribution is 7.13. The predicted molar refractivity (Wildman–Crippen MR) is 89.2 cm³/mol. The second kappa shape index (κ2) is 5.93. The summed E-state index contributed by atoms with van der Waals surface area (Å²) < 4.78 is 2.23. The number of carboxylic acids is 1. The maximum Gasteiger partial charge on any atom is 0.307 e. The van der Waals surface area contributed by atoms with Crippen molar-refractivity contribution < 1.29 is 9.90 Å². The first kappa shape index (κ1) is 14.8. The zero-order valence-electron chi connectivity index (χ0n) is 12.6. The van der Waals surface area contributed by atoms with E-state index in [0.29, 0.717) is 5.92 Å². The number of rotatable bonds is 5. The van der Waals surface area contributed by atoms with Crippen LogP contribution in [0.2, 0.25) is 0 Å². The minimum absolute atomic E-state index is 0.0291. The summed E-state index contributed by atoms with van der Waals surface area (Å²) >= 11 is 1.67. The monoisotopic (exact) mass is 314 g/mol. The molecule has 0 aliphatic carbocycles. The van der Waals surface area contributed by atoms with Crippen molar-refractivity contribution in [2.45, 2.75) is 26.8 Å². The first-order chi connectivity index (χ1) is 10.5. The van der Waals surface area contributed by atoms with Gasteiger partial charge < -0.3 is 9.67 Å². The van der Waals surface area contributed by atoms with Crippen LogP contribution < -0.4 is 0 Å². The van der Waals surface area contributed by atoms with Crippen molar-refractivity contribution in [3.05, 3.63) is 41.3 Å². The highest BCUT2D eigenvalue weighted by Gasteiger charge is 2.15. The lowest BCUT2D eigenvalue weighted by molar-refractivity contribution is -0.136. The largest absolute Gasteiger partial charge is 0.481 e. The predicted octanol–water partition coefficient (Wildman–Crippen LogP) is 4.05. The third-order valence-electron chi connectivity index (χ3n) is 3.46. The fourth-order valence-corrected chi connectivity index (χ4v) is 3.33. The van der Waals surface area contributed by atoms with E-state index in [9.17, 15) is 4.79 Å². The maximum absolute atomic E-state index is 10.9. The molecule has 114 valence electrons. The summed E-state index contributed by atoms with van der Waals surface area (Å²) in [5.41, 5.74) is 2.71. The highest BCUT2D eigenvalue weighted by atomic mass is 32.1. The van der Waals surface area contributed by atoms with Crippen LogP contribution >= 0.6 is 11.3 Å². The van der Waals surface area contributed by atoms with E-state index in [0.717, 1.165) is 33.8 Å². The number of benzene rings is 1. The average Bonchev–Trinajstić information content (AvgIpc) is 3.05. The van der Waals surface area contributed by atoms with E-state index in [4.69, 9.17) is 10.1 Å². The summed E-state index contributed by atoms with van der Waals surface area (Å²) in [7, 11) is 0. The number of thiophene rings is 1. The summed E-state index contributed by atoms with van der Waals surface area (Å²) in [6.45, 7) is 5.26. The van der Waals surface area contributed by atoms with Crippen molar-refractivity contribution in [2.75, 3.05) is 0 Å². The molecule has 0 spiro atoms. The van der Waals surface area contributed by atoms with Gasteiger partial charge in [-0.05, 0) is 35.1 Å². The Hall–Kier alpha value is -2.14. The van der Waals surface area contributed by atoms with Crippen LogP contribution in [0.15, 0.2) is 35.7 Å². The van der Waals surface area contributed by atoms with E-state index in [1.807, 2.05) is 29.6 Å². The van der Waals surface area contributed by atoms with Crippen LogP contribution in [0, 0.1) is 5.92 Å². The molecule has 22 heavy (non-hydrogen) atoms. The second-order valence-corrected chi connectivity index (χ2v) is 6.76. The molecule has 0 aliphatic heterocycles. The quantitative estimate of drug-likeness (QED) is 0.773. The third-order valence-corrected chi connectivity index (χ3v) is 4.32. The number of nitrogens with zero attached hydrogens (tertiary/aromatic N) is 2. The van der Waals surface area contributed by atoms with E-state index in [1.165, 1.54) is 0 Å². The molecule has 0 aliphatic rings. The molecule has 0 bridgehead atoms. The van der Waals surface area contributed by atoms with E-state index >= 15 is 0 Å². The van der Waals surface area contributed by atoms with E-state index in [1.54, 1.807) is 11.3 Å². The Morgan fingerprint density at radius 3 is 2.82 bits per heavy atom. The zero-order valence-corrected chi connectivity index (χ0v) is 13.4. The molecule has 0 atom stereocenters. The first-order valence-corrected chi connectivity index (χ1v) is 8.17. The van der Waals surface area contributed by atoms with E-state index < -0.39 is 5.97 Å². The van der Waals surface area contributed by atoms with Crippen LogP contribution in [-0.2, 0) is 17.8 Å². The number of hydrogen-bond donors (Lipinski definition) is 1. The molecule has 2 aromatic heterocycles. The smallest absolute Gasteiger partial charge is 0.307 e. The van der Waals surface area contributed by atoms with Gasteiger partial charge in [0.1, 0.15) is 0 Å². The van der Waals surface area contributed by atoms with E-state index in [-0.39, 0.29) is 6.42 Å². The molecular weight excluding hydrogens is 296 g/mol. The Morgan fingerprint density at radius 1 is 1.36 bits per heavy atom. The van der Waals surface area contributed by atoms with Crippen LogP contribution in [0.1, 0.15) is 19.4 Å². The van der Waals surface area contributed by atoms with Crippen molar-refractivity contribution in [3.63, 3.8) is 0 Å². The zero-order chi connectivity index (χ0) is 15.7. The minimum Gasteiger partial charge on any atom is -0.481 e. The van der Waals surface area contributed by atoms with Gasteiger partial charge in [-0.2, -0.15) is 0 Å². The minimum atomic E-state index is -0.820. The Bertz CT molecular complexity index is 804. The lowest BCUT2D eigenvalue weighted by Crippen LogP contribution is -2.05. The summed E-state index contributed by atoms with van der Waals surface area (Å²) in [6.07, 6.45) is 0.0291. The Morgan fingerprint density at radius 2 is 2.18 bits per heavy atom. The van der Waals surface area contributed by atoms with Crippen LogP contribution in [0.4, 0.5) is 0 Å². The van der Waals surface area contributed by atoms with Crippen LogP contribution in [0.5, 0.6) is 0 Å². The fourth-order valence-electron chi connectivity index (χ4n) is 2.60. The normalized spacial score (nSPS) is 11.4. The molecule has 0 amide bonds.